The number of halogens is 1. The van der Waals surface area contributed by atoms with E-state index in [1.165, 1.54) is 12.1 Å². The lowest BCUT2D eigenvalue weighted by molar-refractivity contribution is 0.0616. The van der Waals surface area contributed by atoms with Crippen LogP contribution in [-0.2, 0) is 6.54 Å². The monoisotopic (exact) mass is 288 g/mol. The normalized spacial score (nSPS) is 16.1. The van der Waals surface area contributed by atoms with Crippen LogP contribution in [0.25, 0.3) is 0 Å². The van der Waals surface area contributed by atoms with Crippen LogP contribution < -0.4 is 0 Å². The zero-order valence-corrected chi connectivity index (χ0v) is 11.7. The summed E-state index contributed by atoms with van der Waals surface area (Å²) in [5.41, 5.74) is 0.150. The third kappa shape index (κ3) is 3.13. The highest BCUT2D eigenvalue weighted by Crippen LogP contribution is 2.14. The van der Waals surface area contributed by atoms with Gasteiger partial charge in [-0.1, -0.05) is 12.1 Å². The summed E-state index contributed by atoms with van der Waals surface area (Å²) >= 11 is 0. The maximum Gasteiger partial charge on any atom is 0.256 e. The van der Waals surface area contributed by atoms with Gasteiger partial charge in [0.25, 0.3) is 5.91 Å². The Hall–Kier alpha value is -2.14. The number of carbonyl (C=O) groups excluding carboxylic acids is 1. The number of hydrogen-bond acceptors (Lipinski definition) is 3. The Balaban J connectivity index is 1.58. The Bertz CT molecular complexity index is 604. The average molecular weight is 288 g/mol. The molecule has 1 aromatic carbocycles. The molecule has 2 heterocycles. The lowest BCUT2D eigenvalue weighted by atomic mass is 10.1. The first-order valence-corrected chi connectivity index (χ1v) is 7.02. The lowest BCUT2D eigenvalue weighted by Crippen LogP contribution is -2.48. The number of carbonyl (C=O) groups is 1. The maximum absolute atomic E-state index is 13.7. The lowest BCUT2D eigenvalue weighted by Gasteiger charge is -2.34. The third-order valence-electron chi connectivity index (χ3n) is 3.72. The molecule has 1 aliphatic heterocycles. The first kappa shape index (κ1) is 13.8. The van der Waals surface area contributed by atoms with Gasteiger partial charge in [-0.05, 0) is 24.3 Å². The molecule has 110 valence electrons. The molecule has 21 heavy (non-hydrogen) atoms. The smallest absolute Gasteiger partial charge is 0.256 e. The van der Waals surface area contributed by atoms with Gasteiger partial charge < -0.3 is 9.32 Å². The fraction of sp³-hybridized carbons (Fsp3) is 0.312. The van der Waals surface area contributed by atoms with Crippen molar-refractivity contribution in [1.29, 1.82) is 0 Å². The molecule has 4 nitrogen and oxygen atoms in total. The third-order valence-corrected chi connectivity index (χ3v) is 3.72. The Morgan fingerprint density at radius 3 is 2.52 bits per heavy atom. The second-order valence-corrected chi connectivity index (χ2v) is 5.13. The van der Waals surface area contributed by atoms with Crippen LogP contribution in [0.4, 0.5) is 4.39 Å². The van der Waals surface area contributed by atoms with Gasteiger partial charge in [-0.2, -0.15) is 0 Å². The number of nitrogens with zero attached hydrogens (tertiary/aromatic N) is 2. The number of piperazine rings is 1. The van der Waals surface area contributed by atoms with Crippen LogP contribution >= 0.6 is 0 Å². The summed E-state index contributed by atoms with van der Waals surface area (Å²) in [6.45, 7) is 3.48. The fourth-order valence-electron chi connectivity index (χ4n) is 2.54. The number of benzene rings is 1. The van der Waals surface area contributed by atoms with E-state index in [0.717, 1.165) is 25.4 Å². The second-order valence-electron chi connectivity index (χ2n) is 5.13. The van der Waals surface area contributed by atoms with Crippen molar-refractivity contribution < 1.29 is 13.6 Å². The molecule has 0 saturated carbocycles. The summed E-state index contributed by atoms with van der Waals surface area (Å²) in [6, 6.07) is 9.94. The summed E-state index contributed by atoms with van der Waals surface area (Å²) < 4.78 is 19.0. The van der Waals surface area contributed by atoms with Crippen LogP contribution in [0.1, 0.15) is 16.1 Å². The van der Waals surface area contributed by atoms with E-state index in [-0.39, 0.29) is 11.5 Å². The molecule has 0 atom stereocenters. The second kappa shape index (κ2) is 6.10. The van der Waals surface area contributed by atoms with Crippen molar-refractivity contribution in [2.45, 2.75) is 6.54 Å². The molecule has 0 aliphatic carbocycles. The molecular weight excluding hydrogens is 271 g/mol. The molecule has 0 unspecified atom stereocenters. The van der Waals surface area contributed by atoms with Gasteiger partial charge in [-0.25, -0.2) is 4.39 Å². The maximum atomic E-state index is 13.7. The highest BCUT2D eigenvalue weighted by molar-refractivity contribution is 5.94. The SMILES string of the molecule is O=C(c1ccccc1F)N1CCN(Cc2ccco2)CC1. The minimum atomic E-state index is -0.458. The summed E-state index contributed by atoms with van der Waals surface area (Å²) in [5.74, 6) is 0.232. The van der Waals surface area contributed by atoms with E-state index in [0.29, 0.717) is 13.1 Å². The van der Waals surface area contributed by atoms with Crippen LogP contribution in [0.15, 0.2) is 47.1 Å². The van der Waals surface area contributed by atoms with Crippen LogP contribution in [-0.4, -0.2) is 41.9 Å². The van der Waals surface area contributed by atoms with Gasteiger partial charge in [0.15, 0.2) is 0 Å². The summed E-state index contributed by atoms with van der Waals surface area (Å²) in [7, 11) is 0. The molecule has 2 aromatic rings. The Kier molecular flexibility index (Phi) is 4.01. The molecule has 1 amide bonds. The van der Waals surface area contributed by atoms with Crippen LogP contribution in [0.3, 0.4) is 0 Å². The van der Waals surface area contributed by atoms with Crippen LogP contribution in [0, 0.1) is 5.82 Å². The number of hydrogen-bond donors (Lipinski definition) is 0. The van der Waals surface area contributed by atoms with E-state index in [2.05, 4.69) is 4.90 Å². The number of rotatable bonds is 3. The molecule has 5 heteroatoms. The Morgan fingerprint density at radius 2 is 1.86 bits per heavy atom. The molecule has 0 radical (unpaired) electrons. The quantitative estimate of drug-likeness (QED) is 0.870. The Morgan fingerprint density at radius 1 is 1.10 bits per heavy atom. The molecule has 1 saturated heterocycles. The molecule has 0 N–H and O–H groups in total. The predicted molar refractivity (Wildman–Crippen MR) is 76.3 cm³/mol. The molecular formula is C16H17FN2O2. The van der Waals surface area contributed by atoms with Crippen LogP contribution in [0.5, 0.6) is 0 Å². The van der Waals surface area contributed by atoms with Gasteiger partial charge in [0.2, 0.25) is 0 Å². The van der Waals surface area contributed by atoms with Crippen molar-refractivity contribution in [3.05, 3.63) is 59.8 Å². The highest BCUT2D eigenvalue weighted by Gasteiger charge is 2.24. The minimum Gasteiger partial charge on any atom is -0.468 e. The standard InChI is InChI=1S/C16H17FN2O2/c17-15-6-2-1-5-14(15)16(20)19-9-7-18(8-10-19)12-13-4-3-11-21-13/h1-6,11H,7-10,12H2. The predicted octanol–water partition coefficient (Wildman–Crippen LogP) is 2.38. The van der Waals surface area contributed by atoms with Crippen molar-refractivity contribution in [2.24, 2.45) is 0 Å². The van der Waals surface area contributed by atoms with E-state index in [9.17, 15) is 9.18 Å². The summed E-state index contributed by atoms with van der Waals surface area (Å²) in [6.07, 6.45) is 1.66. The molecule has 1 fully saturated rings. The fourth-order valence-corrected chi connectivity index (χ4v) is 2.54. The van der Waals surface area contributed by atoms with Gasteiger partial charge in [0, 0.05) is 26.2 Å². The van der Waals surface area contributed by atoms with Gasteiger partial charge in [-0.3, -0.25) is 9.69 Å². The molecule has 1 aliphatic rings. The van der Waals surface area contributed by atoms with Crippen molar-refractivity contribution in [2.75, 3.05) is 26.2 Å². The average Bonchev–Trinajstić information content (AvgIpc) is 3.01. The summed E-state index contributed by atoms with van der Waals surface area (Å²) in [5, 5.41) is 0. The zero-order chi connectivity index (χ0) is 14.7. The number of amides is 1. The van der Waals surface area contributed by atoms with Crippen molar-refractivity contribution in [3.8, 4) is 0 Å². The zero-order valence-electron chi connectivity index (χ0n) is 11.7. The van der Waals surface area contributed by atoms with Gasteiger partial charge in [0.05, 0.1) is 18.4 Å². The van der Waals surface area contributed by atoms with Crippen molar-refractivity contribution >= 4 is 5.91 Å². The van der Waals surface area contributed by atoms with E-state index in [1.54, 1.807) is 23.3 Å². The summed E-state index contributed by atoms with van der Waals surface area (Å²) in [4.78, 5) is 16.2. The van der Waals surface area contributed by atoms with Gasteiger partial charge in [-0.15, -0.1) is 0 Å². The first-order chi connectivity index (χ1) is 10.2. The van der Waals surface area contributed by atoms with Gasteiger partial charge >= 0.3 is 0 Å². The van der Waals surface area contributed by atoms with Crippen molar-refractivity contribution in [1.82, 2.24) is 9.80 Å². The topological polar surface area (TPSA) is 36.7 Å². The number of furan rings is 1. The first-order valence-electron chi connectivity index (χ1n) is 7.02. The van der Waals surface area contributed by atoms with Crippen molar-refractivity contribution in [3.63, 3.8) is 0 Å². The van der Waals surface area contributed by atoms with E-state index in [1.807, 2.05) is 12.1 Å². The van der Waals surface area contributed by atoms with Crippen LogP contribution in [0.2, 0.25) is 0 Å². The van der Waals surface area contributed by atoms with E-state index < -0.39 is 5.82 Å². The van der Waals surface area contributed by atoms with Gasteiger partial charge in [0.1, 0.15) is 11.6 Å². The largest absolute Gasteiger partial charge is 0.468 e. The van der Waals surface area contributed by atoms with E-state index in [4.69, 9.17) is 4.42 Å². The molecule has 3 rings (SSSR count). The van der Waals surface area contributed by atoms with E-state index >= 15 is 0 Å². The minimum absolute atomic E-state index is 0.150. The highest BCUT2D eigenvalue weighted by atomic mass is 19.1. The molecule has 0 bridgehead atoms. The molecule has 0 spiro atoms. The Labute approximate surface area is 122 Å². The molecule has 1 aromatic heterocycles.